The maximum absolute atomic E-state index is 13.2. The number of nitrogens with one attached hydrogen (secondary N) is 3. The molecular formula is C26H29N5O. The zero-order valence-corrected chi connectivity index (χ0v) is 18.9. The van der Waals surface area contributed by atoms with Gasteiger partial charge in [0.25, 0.3) is 5.91 Å². The van der Waals surface area contributed by atoms with E-state index in [0.717, 1.165) is 38.9 Å². The molecule has 6 heteroatoms. The highest BCUT2D eigenvalue weighted by molar-refractivity contribution is 5.94. The summed E-state index contributed by atoms with van der Waals surface area (Å²) in [5.74, 6) is -0.190. The van der Waals surface area contributed by atoms with Gasteiger partial charge in [0.15, 0.2) is 0 Å². The normalized spacial score (nSPS) is 12.3. The largest absolute Gasteiger partial charge is 0.343 e. The molecule has 2 heterocycles. The van der Waals surface area contributed by atoms with Crippen LogP contribution < -0.4 is 10.6 Å². The van der Waals surface area contributed by atoms with E-state index in [1.807, 2.05) is 43.3 Å². The molecule has 4 rings (SSSR count). The third-order valence-electron chi connectivity index (χ3n) is 5.55. The molecule has 2 aromatic heterocycles. The SMILES string of the molecule is Cc1cccc(C(CNC(C)C)NC(=O)c2cc(-c3ccc4n[nH]c(C)c4c3)ccn2)c1. The van der Waals surface area contributed by atoms with Crippen LogP contribution in [0.1, 0.15) is 47.2 Å². The van der Waals surface area contributed by atoms with Crippen LogP contribution in [-0.2, 0) is 0 Å². The van der Waals surface area contributed by atoms with Gasteiger partial charge in [0.2, 0.25) is 0 Å². The second-order valence-electron chi connectivity index (χ2n) is 8.51. The number of fused-ring (bicyclic) bond motifs is 1. The number of rotatable bonds is 7. The number of benzene rings is 2. The Balaban J connectivity index is 1.59. The van der Waals surface area contributed by atoms with Crippen LogP contribution in [0.25, 0.3) is 22.0 Å². The summed E-state index contributed by atoms with van der Waals surface area (Å²) in [5, 5.41) is 15.0. The van der Waals surface area contributed by atoms with Crippen molar-refractivity contribution >= 4 is 16.8 Å². The second kappa shape index (κ2) is 9.32. The molecule has 164 valence electrons. The fourth-order valence-electron chi connectivity index (χ4n) is 3.78. The summed E-state index contributed by atoms with van der Waals surface area (Å²) in [6, 6.07) is 18.3. The van der Waals surface area contributed by atoms with Crippen molar-refractivity contribution in [3.8, 4) is 11.1 Å². The first kappa shape index (κ1) is 21.7. The van der Waals surface area contributed by atoms with E-state index in [4.69, 9.17) is 0 Å². The molecule has 1 unspecified atom stereocenters. The number of pyridine rings is 1. The van der Waals surface area contributed by atoms with Gasteiger partial charge in [-0.15, -0.1) is 0 Å². The Morgan fingerprint density at radius 2 is 1.84 bits per heavy atom. The first-order chi connectivity index (χ1) is 15.4. The van der Waals surface area contributed by atoms with Gasteiger partial charge in [-0.3, -0.25) is 14.9 Å². The summed E-state index contributed by atoms with van der Waals surface area (Å²) in [5.41, 5.74) is 6.55. The minimum atomic E-state index is -0.190. The molecular weight excluding hydrogens is 398 g/mol. The van der Waals surface area contributed by atoms with Crippen molar-refractivity contribution in [2.75, 3.05) is 6.54 Å². The van der Waals surface area contributed by atoms with Gasteiger partial charge in [-0.05, 0) is 54.8 Å². The number of hydrogen-bond donors (Lipinski definition) is 3. The second-order valence-corrected chi connectivity index (χ2v) is 8.51. The molecule has 3 N–H and O–H groups in total. The maximum atomic E-state index is 13.2. The standard InChI is InChI=1S/C26H29N5O/c1-16(2)28-15-25(21-7-5-6-17(3)12-21)29-26(32)24-14-20(10-11-27-24)19-8-9-23-22(13-19)18(4)30-31-23/h5-14,16,25,28H,15H2,1-4H3,(H,29,32)(H,30,31). The monoisotopic (exact) mass is 427 g/mol. The highest BCUT2D eigenvalue weighted by Gasteiger charge is 2.18. The third-order valence-corrected chi connectivity index (χ3v) is 5.55. The van der Waals surface area contributed by atoms with Gasteiger partial charge in [0.05, 0.1) is 11.6 Å². The summed E-state index contributed by atoms with van der Waals surface area (Å²) in [7, 11) is 0. The zero-order chi connectivity index (χ0) is 22.7. The van der Waals surface area contributed by atoms with Crippen molar-refractivity contribution in [2.45, 2.75) is 39.8 Å². The Labute approximate surface area is 188 Å². The van der Waals surface area contributed by atoms with Crippen LogP contribution in [0, 0.1) is 13.8 Å². The van der Waals surface area contributed by atoms with Crippen molar-refractivity contribution in [1.82, 2.24) is 25.8 Å². The van der Waals surface area contributed by atoms with Gasteiger partial charge in [0, 0.05) is 29.9 Å². The molecule has 1 amide bonds. The summed E-state index contributed by atoms with van der Waals surface area (Å²) >= 11 is 0. The van der Waals surface area contributed by atoms with Gasteiger partial charge < -0.3 is 10.6 Å². The molecule has 1 atom stereocenters. The van der Waals surface area contributed by atoms with Crippen LogP contribution in [0.3, 0.4) is 0 Å². The van der Waals surface area contributed by atoms with E-state index in [1.54, 1.807) is 6.20 Å². The molecule has 0 radical (unpaired) electrons. The minimum absolute atomic E-state index is 0.153. The van der Waals surface area contributed by atoms with Crippen molar-refractivity contribution in [3.05, 3.63) is 83.3 Å². The predicted molar refractivity (Wildman–Crippen MR) is 129 cm³/mol. The van der Waals surface area contributed by atoms with E-state index in [2.05, 4.69) is 64.8 Å². The number of aromatic nitrogens is 3. The fraction of sp³-hybridized carbons (Fsp3) is 0.269. The molecule has 0 fully saturated rings. The molecule has 32 heavy (non-hydrogen) atoms. The van der Waals surface area contributed by atoms with Crippen LogP contribution in [0.2, 0.25) is 0 Å². The Morgan fingerprint density at radius 1 is 1.03 bits per heavy atom. The van der Waals surface area contributed by atoms with Gasteiger partial charge in [-0.2, -0.15) is 5.10 Å². The quantitative estimate of drug-likeness (QED) is 0.399. The highest BCUT2D eigenvalue weighted by Crippen LogP contribution is 2.25. The number of aryl methyl sites for hydroxylation is 2. The summed E-state index contributed by atoms with van der Waals surface area (Å²) in [6.07, 6.45) is 1.69. The molecule has 0 aliphatic carbocycles. The Kier molecular flexibility index (Phi) is 6.32. The topological polar surface area (TPSA) is 82.7 Å². The van der Waals surface area contributed by atoms with Crippen LogP contribution >= 0.6 is 0 Å². The number of amides is 1. The molecule has 0 spiro atoms. The van der Waals surface area contributed by atoms with Crippen molar-refractivity contribution in [1.29, 1.82) is 0 Å². The van der Waals surface area contributed by atoms with Crippen LogP contribution in [0.4, 0.5) is 0 Å². The molecule has 0 aliphatic heterocycles. The van der Waals surface area contributed by atoms with E-state index < -0.39 is 0 Å². The molecule has 0 saturated heterocycles. The van der Waals surface area contributed by atoms with Gasteiger partial charge in [-0.25, -0.2) is 0 Å². The van der Waals surface area contributed by atoms with Crippen molar-refractivity contribution in [3.63, 3.8) is 0 Å². The zero-order valence-electron chi connectivity index (χ0n) is 18.9. The predicted octanol–water partition coefficient (Wildman–Crippen LogP) is 4.71. The lowest BCUT2D eigenvalue weighted by atomic mass is 10.0. The number of hydrogen-bond acceptors (Lipinski definition) is 4. The highest BCUT2D eigenvalue weighted by atomic mass is 16.1. The lowest BCUT2D eigenvalue weighted by Crippen LogP contribution is -2.38. The summed E-state index contributed by atoms with van der Waals surface area (Å²) < 4.78 is 0. The van der Waals surface area contributed by atoms with Gasteiger partial charge >= 0.3 is 0 Å². The number of carbonyl (C=O) groups is 1. The number of nitrogens with zero attached hydrogens (tertiary/aromatic N) is 2. The average molecular weight is 428 g/mol. The van der Waals surface area contributed by atoms with Gasteiger partial charge in [-0.1, -0.05) is 49.7 Å². The molecule has 0 saturated carbocycles. The van der Waals surface area contributed by atoms with Crippen LogP contribution in [0.5, 0.6) is 0 Å². The molecule has 6 nitrogen and oxygen atoms in total. The Bertz CT molecular complexity index is 1240. The lowest BCUT2D eigenvalue weighted by Gasteiger charge is -2.21. The molecule has 2 aromatic carbocycles. The molecule has 4 aromatic rings. The number of carbonyl (C=O) groups excluding carboxylic acids is 1. The maximum Gasteiger partial charge on any atom is 0.270 e. The summed E-state index contributed by atoms with van der Waals surface area (Å²) in [4.78, 5) is 17.5. The first-order valence-corrected chi connectivity index (χ1v) is 10.9. The van der Waals surface area contributed by atoms with E-state index in [1.165, 1.54) is 0 Å². The van der Waals surface area contributed by atoms with E-state index >= 15 is 0 Å². The molecule has 0 bridgehead atoms. The van der Waals surface area contributed by atoms with Crippen molar-refractivity contribution in [2.24, 2.45) is 0 Å². The average Bonchev–Trinajstić information content (AvgIpc) is 3.16. The number of H-pyrrole nitrogens is 1. The minimum Gasteiger partial charge on any atom is -0.343 e. The van der Waals surface area contributed by atoms with Crippen LogP contribution in [0.15, 0.2) is 60.8 Å². The van der Waals surface area contributed by atoms with Crippen molar-refractivity contribution < 1.29 is 4.79 Å². The molecule has 0 aliphatic rings. The van der Waals surface area contributed by atoms with E-state index in [0.29, 0.717) is 18.3 Å². The van der Waals surface area contributed by atoms with E-state index in [-0.39, 0.29) is 11.9 Å². The van der Waals surface area contributed by atoms with Crippen LogP contribution in [-0.4, -0.2) is 33.7 Å². The summed E-state index contributed by atoms with van der Waals surface area (Å²) in [6.45, 7) is 8.89. The lowest BCUT2D eigenvalue weighted by molar-refractivity contribution is 0.0930. The van der Waals surface area contributed by atoms with Gasteiger partial charge in [0.1, 0.15) is 5.69 Å². The Morgan fingerprint density at radius 3 is 2.62 bits per heavy atom. The Hall–Kier alpha value is -3.51. The first-order valence-electron chi connectivity index (χ1n) is 10.9. The smallest absolute Gasteiger partial charge is 0.270 e. The fourth-order valence-corrected chi connectivity index (χ4v) is 3.78. The number of aromatic amines is 1. The van der Waals surface area contributed by atoms with E-state index in [9.17, 15) is 4.79 Å². The third kappa shape index (κ3) is 4.86.